The Kier molecular flexibility index (Phi) is 6.60. The van der Waals surface area contributed by atoms with Crippen molar-refractivity contribution in [3.8, 4) is 16.9 Å². The Hall–Kier alpha value is -3.95. The number of Topliss-reactive ketones (excluding diaryl/α,β-unsaturated/α-hetero) is 3. The van der Waals surface area contributed by atoms with Crippen molar-refractivity contribution in [1.82, 2.24) is 0 Å². The van der Waals surface area contributed by atoms with E-state index in [1.807, 2.05) is 30.3 Å². The van der Waals surface area contributed by atoms with Gasteiger partial charge in [-0.3, -0.25) is 19.2 Å². The zero-order chi connectivity index (χ0) is 28.2. The first kappa shape index (κ1) is 26.6. The maximum atomic E-state index is 13.8. The lowest BCUT2D eigenvalue weighted by atomic mass is 9.59. The fourth-order valence-electron chi connectivity index (χ4n) is 6.15. The number of halogens is 1. The highest BCUT2D eigenvalue weighted by Gasteiger charge is 2.60. The van der Waals surface area contributed by atoms with Crippen molar-refractivity contribution in [2.75, 3.05) is 5.88 Å². The van der Waals surface area contributed by atoms with Gasteiger partial charge in [-0.1, -0.05) is 30.3 Å². The molecular formula is C29H26ClNO8. The topological polar surface area (TPSA) is 175 Å². The van der Waals surface area contributed by atoms with Crippen molar-refractivity contribution >= 4 is 40.6 Å². The van der Waals surface area contributed by atoms with Crippen LogP contribution in [0.5, 0.6) is 5.75 Å². The quantitative estimate of drug-likeness (QED) is 0.269. The van der Waals surface area contributed by atoms with Gasteiger partial charge in [0.15, 0.2) is 11.4 Å². The highest BCUT2D eigenvalue weighted by Crippen LogP contribution is 2.53. The summed E-state index contributed by atoms with van der Waals surface area (Å²) in [5.74, 6) is -7.19. The number of phenolic OH excluding ortho intramolecular Hbond substituents is 1. The van der Waals surface area contributed by atoms with Crippen LogP contribution >= 0.6 is 11.6 Å². The van der Waals surface area contributed by atoms with Gasteiger partial charge in [0.2, 0.25) is 5.78 Å². The van der Waals surface area contributed by atoms with Gasteiger partial charge in [0.05, 0.1) is 11.4 Å². The molecule has 2 aromatic carbocycles. The van der Waals surface area contributed by atoms with Crippen LogP contribution in [0.2, 0.25) is 0 Å². The van der Waals surface area contributed by atoms with Gasteiger partial charge in [-0.05, 0) is 53.5 Å². The lowest BCUT2D eigenvalue weighted by Crippen LogP contribution is -2.58. The zero-order valence-electron chi connectivity index (χ0n) is 20.7. The number of nitrogens with two attached hydrogens (primary N) is 1. The molecule has 0 unspecified atom stereocenters. The smallest absolute Gasteiger partial charge is 0.255 e. The maximum absolute atomic E-state index is 13.8. The molecule has 0 radical (unpaired) electrons. The third-order valence-corrected chi connectivity index (χ3v) is 8.35. The van der Waals surface area contributed by atoms with Crippen LogP contribution in [0.25, 0.3) is 16.9 Å². The molecular weight excluding hydrogens is 526 g/mol. The van der Waals surface area contributed by atoms with Gasteiger partial charge in [-0.2, -0.15) is 0 Å². The number of aryl methyl sites for hydroxylation is 1. The Labute approximate surface area is 228 Å². The number of aromatic hydroxyl groups is 1. The minimum atomic E-state index is -2.63. The first-order valence-corrected chi connectivity index (χ1v) is 13.0. The van der Waals surface area contributed by atoms with E-state index in [2.05, 4.69) is 0 Å². The monoisotopic (exact) mass is 551 g/mol. The molecule has 2 aromatic rings. The van der Waals surface area contributed by atoms with E-state index in [1.165, 1.54) is 0 Å². The second-order valence-corrected chi connectivity index (χ2v) is 10.5. The Morgan fingerprint density at radius 3 is 2.41 bits per heavy atom. The molecule has 3 aliphatic carbocycles. The lowest BCUT2D eigenvalue weighted by Gasteiger charge is -2.46. The van der Waals surface area contributed by atoms with Crippen LogP contribution in [0, 0.1) is 11.8 Å². The summed E-state index contributed by atoms with van der Waals surface area (Å²) in [6, 6.07) is 11.0. The number of rotatable bonds is 6. The molecule has 5 rings (SSSR count). The Balaban J connectivity index is 1.72. The van der Waals surface area contributed by atoms with Crippen molar-refractivity contribution in [1.29, 1.82) is 0 Å². The predicted molar refractivity (Wildman–Crippen MR) is 141 cm³/mol. The van der Waals surface area contributed by atoms with E-state index >= 15 is 0 Å². The number of benzene rings is 2. The second-order valence-electron chi connectivity index (χ2n) is 10.2. The van der Waals surface area contributed by atoms with E-state index in [-0.39, 0.29) is 60.7 Å². The van der Waals surface area contributed by atoms with Crippen LogP contribution in [-0.4, -0.2) is 55.2 Å². The average molecular weight is 552 g/mol. The van der Waals surface area contributed by atoms with E-state index < -0.39 is 52.0 Å². The average Bonchev–Trinajstić information content (AvgIpc) is 2.90. The molecule has 9 nitrogen and oxygen atoms in total. The first-order chi connectivity index (χ1) is 18.5. The standard InChI is InChI=1S/C29H26ClNO8/c30-12-17(32)7-6-14-9-18(13-4-2-1-3-5-13)19-10-15-8-16-11-20(33)23(28(31)38)27(37)29(16,39)26(36)21(15)25(35)22(19)24(14)34/h1-5,9,15-16,34-35,37,39H,6-8,10-12H2,(H2,31,38)/t15-,16+,29+/m1/s1. The number of aliphatic hydroxyl groups is 3. The molecule has 0 aromatic heterocycles. The third kappa shape index (κ3) is 4.04. The minimum absolute atomic E-state index is 0.00296. The SMILES string of the molecule is NC(=O)C1=C(O)[C@@]2(O)C(=O)C3=C(O)c4c(O)c(CCC(=O)CCl)cc(-c5ccccc5)c4C[C@H]3C[C@H]2CC1=O. The van der Waals surface area contributed by atoms with E-state index in [1.54, 1.807) is 6.07 Å². The number of alkyl halides is 1. The van der Waals surface area contributed by atoms with E-state index in [4.69, 9.17) is 17.3 Å². The summed E-state index contributed by atoms with van der Waals surface area (Å²) in [4.78, 5) is 50.0. The molecule has 0 heterocycles. The molecule has 0 spiro atoms. The Bertz CT molecular complexity index is 1510. The van der Waals surface area contributed by atoms with Crippen LogP contribution in [0.3, 0.4) is 0 Å². The van der Waals surface area contributed by atoms with E-state index in [9.17, 15) is 39.6 Å². The predicted octanol–water partition coefficient (Wildman–Crippen LogP) is 2.83. The van der Waals surface area contributed by atoms with Crippen molar-refractivity contribution in [3.05, 3.63) is 70.0 Å². The molecule has 39 heavy (non-hydrogen) atoms. The van der Waals surface area contributed by atoms with Gasteiger partial charge >= 0.3 is 0 Å². The van der Waals surface area contributed by atoms with E-state index in [0.717, 1.165) is 5.56 Å². The molecule has 10 heteroatoms. The molecule has 1 amide bonds. The summed E-state index contributed by atoms with van der Waals surface area (Å²) < 4.78 is 0. The molecule has 0 aliphatic heterocycles. The van der Waals surface area contributed by atoms with Crippen LogP contribution in [-0.2, 0) is 32.0 Å². The van der Waals surface area contributed by atoms with Gasteiger partial charge in [0, 0.05) is 24.3 Å². The number of carbonyl (C=O) groups excluding carboxylic acids is 4. The largest absolute Gasteiger partial charge is 0.508 e. The van der Waals surface area contributed by atoms with Crippen LogP contribution in [0.15, 0.2) is 53.3 Å². The highest BCUT2D eigenvalue weighted by molar-refractivity contribution is 6.27. The second kappa shape index (κ2) is 9.66. The Morgan fingerprint density at radius 2 is 1.77 bits per heavy atom. The zero-order valence-corrected chi connectivity index (χ0v) is 21.5. The number of phenols is 1. The molecule has 0 bridgehead atoms. The van der Waals surface area contributed by atoms with Crippen LogP contribution in [0.4, 0.5) is 0 Å². The maximum Gasteiger partial charge on any atom is 0.255 e. The number of hydrogen-bond donors (Lipinski definition) is 5. The number of carbonyl (C=O) groups is 4. The summed E-state index contributed by atoms with van der Waals surface area (Å²) in [6.45, 7) is 0. The fraction of sp³-hybridized carbons (Fsp3) is 0.310. The molecule has 1 fully saturated rings. The summed E-state index contributed by atoms with van der Waals surface area (Å²) in [6.07, 6.45) is 0.0281. The van der Waals surface area contributed by atoms with Gasteiger partial charge in [-0.25, -0.2) is 0 Å². The van der Waals surface area contributed by atoms with Crippen molar-refractivity contribution in [2.24, 2.45) is 17.6 Å². The first-order valence-electron chi connectivity index (χ1n) is 12.5. The number of primary amides is 1. The van der Waals surface area contributed by atoms with Crippen molar-refractivity contribution in [2.45, 2.75) is 37.7 Å². The van der Waals surface area contributed by atoms with Gasteiger partial charge in [0.1, 0.15) is 28.6 Å². The Morgan fingerprint density at radius 1 is 1.08 bits per heavy atom. The number of amides is 1. The molecule has 3 aliphatic rings. The molecule has 1 saturated carbocycles. The fourth-order valence-corrected chi connectivity index (χ4v) is 6.29. The molecule has 6 N–H and O–H groups in total. The minimum Gasteiger partial charge on any atom is -0.508 e. The number of fused-ring (bicyclic) bond motifs is 3. The van der Waals surface area contributed by atoms with Crippen LogP contribution in [0.1, 0.15) is 36.0 Å². The van der Waals surface area contributed by atoms with Crippen LogP contribution < -0.4 is 5.73 Å². The summed E-state index contributed by atoms with van der Waals surface area (Å²) in [5.41, 5.74) is 3.96. The summed E-state index contributed by atoms with van der Waals surface area (Å²) in [5, 5.41) is 44.9. The summed E-state index contributed by atoms with van der Waals surface area (Å²) in [7, 11) is 0. The third-order valence-electron chi connectivity index (χ3n) is 8.05. The number of hydrogen-bond acceptors (Lipinski definition) is 8. The van der Waals surface area contributed by atoms with Gasteiger partial charge in [0.25, 0.3) is 5.91 Å². The van der Waals surface area contributed by atoms with Gasteiger partial charge < -0.3 is 26.2 Å². The molecule has 3 atom stereocenters. The lowest BCUT2D eigenvalue weighted by molar-refractivity contribution is -0.147. The van der Waals surface area contributed by atoms with Gasteiger partial charge in [-0.15, -0.1) is 11.6 Å². The van der Waals surface area contributed by atoms with E-state index in [0.29, 0.717) is 16.7 Å². The number of ketones is 3. The van der Waals surface area contributed by atoms with Crippen molar-refractivity contribution in [3.63, 3.8) is 0 Å². The summed E-state index contributed by atoms with van der Waals surface area (Å²) >= 11 is 5.64. The highest BCUT2D eigenvalue weighted by atomic mass is 35.5. The van der Waals surface area contributed by atoms with Crippen molar-refractivity contribution < 1.29 is 39.6 Å². The normalized spacial score (nSPS) is 24.3. The number of aliphatic hydroxyl groups excluding tert-OH is 2. The molecule has 202 valence electrons. The molecule has 0 saturated heterocycles.